The van der Waals surface area contributed by atoms with E-state index < -0.39 is 0 Å². The molecule has 0 saturated carbocycles. The van der Waals surface area contributed by atoms with E-state index in [1.807, 2.05) is 17.5 Å². The van der Waals surface area contributed by atoms with Crippen molar-refractivity contribution in [3.8, 4) is 0 Å². The fourth-order valence-corrected chi connectivity index (χ4v) is 2.78. The van der Waals surface area contributed by atoms with Crippen LogP contribution in [0, 0.1) is 5.92 Å². The van der Waals surface area contributed by atoms with Gasteiger partial charge in [-0.05, 0) is 30.0 Å². The number of pyridine rings is 1. The summed E-state index contributed by atoms with van der Waals surface area (Å²) in [5.41, 5.74) is 0.558. The Morgan fingerprint density at radius 3 is 3.00 bits per heavy atom. The van der Waals surface area contributed by atoms with E-state index in [0.29, 0.717) is 17.9 Å². The summed E-state index contributed by atoms with van der Waals surface area (Å²) < 4.78 is 0. The molecule has 112 valence electrons. The van der Waals surface area contributed by atoms with Crippen LogP contribution in [0.25, 0.3) is 0 Å². The molecule has 2 rings (SSSR count). The lowest BCUT2D eigenvalue weighted by molar-refractivity contribution is 0.0940. The predicted molar refractivity (Wildman–Crippen MR) is 84.7 cm³/mol. The van der Waals surface area contributed by atoms with E-state index in [1.165, 1.54) is 4.88 Å². The van der Waals surface area contributed by atoms with E-state index in [0.717, 1.165) is 6.42 Å². The molecule has 0 unspecified atom stereocenters. The molecular weight excluding hydrogens is 286 g/mol. The summed E-state index contributed by atoms with van der Waals surface area (Å²) in [4.78, 5) is 17.4. The summed E-state index contributed by atoms with van der Waals surface area (Å²) in [7, 11) is 1.76. The van der Waals surface area contributed by atoms with Gasteiger partial charge < -0.3 is 15.7 Å². The van der Waals surface area contributed by atoms with Gasteiger partial charge in [0.2, 0.25) is 0 Å². The van der Waals surface area contributed by atoms with Crippen molar-refractivity contribution in [2.75, 3.05) is 25.5 Å². The monoisotopic (exact) mass is 305 g/mol. The third kappa shape index (κ3) is 4.54. The lowest BCUT2D eigenvalue weighted by atomic mass is 10.1. The van der Waals surface area contributed by atoms with Gasteiger partial charge in [-0.15, -0.1) is 11.3 Å². The van der Waals surface area contributed by atoms with Crippen LogP contribution in [0.3, 0.4) is 0 Å². The van der Waals surface area contributed by atoms with Gasteiger partial charge in [0, 0.05) is 42.8 Å². The van der Waals surface area contributed by atoms with Crippen molar-refractivity contribution < 1.29 is 9.90 Å². The number of anilines is 1. The normalized spacial score (nSPS) is 11.9. The standard InChI is InChI=1S/C15H19N3O2S/c1-16-14-8-12(4-5-17-14)15(20)18-9-11(10-19)7-13-3-2-6-21-13/h2-6,8,11,19H,7,9-10H2,1H3,(H,16,17)(H,18,20)/t11-/m0/s1. The second kappa shape index (κ2) is 7.75. The van der Waals surface area contributed by atoms with E-state index in [2.05, 4.69) is 15.6 Å². The largest absolute Gasteiger partial charge is 0.396 e. The highest BCUT2D eigenvalue weighted by molar-refractivity contribution is 7.09. The van der Waals surface area contributed by atoms with E-state index in [1.54, 1.807) is 36.7 Å². The Kier molecular flexibility index (Phi) is 5.71. The highest BCUT2D eigenvalue weighted by Gasteiger charge is 2.12. The second-order valence-electron chi connectivity index (χ2n) is 4.72. The number of aliphatic hydroxyl groups is 1. The van der Waals surface area contributed by atoms with Gasteiger partial charge in [-0.25, -0.2) is 4.98 Å². The van der Waals surface area contributed by atoms with E-state index in [-0.39, 0.29) is 18.4 Å². The number of nitrogens with zero attached hydrogens (tertiary/aromatic N) is 1. The van der Waals surface area contributed by atoms with E-state index in [9.17, 15) is 9.90 Å². The van der Waals surface area contributed by atoms with Crippen LogP contribution in [0.15, 0.2) is 35.8 Å². The Balaban J connectivity index is 1.89. The number of nitrogens with one attached hydrogen (secondary N) is 2. The molecule has 0 aromatic carbocycles. The van der Waals surface area contributed by atoms with E-state index >= 15 is 0 Å². The van der Waals surface area contributed by atoms with Crippen molar-refractivity contribution in [1.29, 1.82) is 0 Å². The molecule has 2 aromatic rings. The molecule has 0 aliphatic rings. The first-order chi connectivity index (χ1) is 10.2. The Hall–Kier alpha value is -1.92. The average Bonchev–Trinajstić information content (AvgIpc) is 3.04. The van der Waals surface area contributed by atoms with Gasteiger partial charge >= 0.3 is 0 Å². The third-order valence-corrected chi connectivity index (χ3v) is 4.06. The van der Waals surface area contributed by atoms with Crippen molar-refractivity contribution in [3.63, 3.8) is 0 Å². The molecule has 0 spiro atoms. The van der Waals surface area contributed by atoms with Crippen molar-refractivity contribution in [1.82, 2.24) is 10.3 Å². The summed E-state index contributed by atoms with van der Waals surface area (Å²) in [6, 6.07) is 7.40. The molecule has 0 fully saturated rings. The van der Waals surface area contributed by atoms with Crippen LogP contribution in [0.5, 0.6) is 0 Å². The molecule has 2 aromatic heterocycles. The Morgan fingerprint density at radius 1 is 1.48 bits per heavy atom. The van der Waals surface area contributed by atoms with Crippen LogP contribution in [-0.4, -0.2) is 36.2 Å². The average molecular weight is 305 g/mol. The van der Waals surface area contributed by atoms with Crippen LogP contribution in [0.2, 0.25) is 0 Å². The van der Waals surface area contributed by atoms with Crippen molar-refractivity contribution in [2.24, 2.45) is 5.92 Å². The van der Waals surface area contributed by atoms with Gasteiger partial charge in [0.05, 0.1) is 0 Å². The summed E-state index contributed by atoms with van der Waals surface area (Å²) in [5.74, 6) is 0.525. The summed E-state index contributed by atoms with van der Waals surface area (Å²) in [6.45, 7) is 0.501. The Labute approximate surface area is 128 Å². The van der Waals surface area contributed by atoms with Crippen LogP contribution in [0.4, 0.5) is 5.82 Å². The Bertz CT molecular complexity index is 572. The first kappa shape index (κ1) is 15.5. The molecule has 1 atom stereocenters. The minimum absolute atomic E-state index is 0.0261. The molecule has 21 heavy (non-hydrogen) atoms. The summed E-state index contributed by atoms with van der Waals surface area (Å²) in [6.07, 6.45) is 2.36. The number of thiophene rings is 1. The van der Waals surface area contributed by atoms with Gasteiger partial charge in [0.15, 0.2) is 0 Å². The molecule has 0 bridgehead atoms. The van der Waals surface area contributed by atoms with E-state index in [4.69, 9.17) is 0 Å². The molecule has 1 amide bonds. The van der Waals surface area contributed by atoms with Gasteiger partial charge in [0.25, 0.3) is 5.91 Å². The maximum Gasteiger partial charge on any atom is 0.251 e. The predicted octanol–water partition coefficient (Wildman–Crippen LogP) is 1.77. The van der Waals surface area contributed by atoms with Crippen LogP contribution in [0.1, 0.15) is 15.2 Å². The molecule has 0 radical (unpaired) electrons. The zero-order valence-corrected chi connectivity index (χ0v) is 12.7. The summed E-state index contributed by atoms with van der Waals surface area (Å²) >= 11 is 1.66. The molecule has 0 aliphatic heterocycles. The SMILES string of the molecule is CNc1cc(C(=O)NC[C@@H](CO)Cc2cccs2)ccn1. The van der Waals surface area contributed by atoms with Crippen molar-refractivity contribution >= 4 is 23.1 Å². The molecule has 2 heterocycles. The number of carbonyl (C=O) groups is 1. The molecule has 5 nitrogen and oxygen atoms in total. The summed E-state index contributed by atoms with van der Waals surface area (Å²) in [5, 5.41) is 17.2. The number of amides is 1. The minimum atomic E-state index is -0.154. The maximum atomic E-state index is 12.1. The Morgan fingerprint density at radius 2 is 2.33 bits per heavy atom. The lowest BCUT2D eigenvalue weighted by Crippen LogP contribution is -2.31. The zero-order chi connectivity index (χ0) is 15.1. The smallest absolute Gasteiger partial charge is 0.251 e. The molecular formula is C15H19N3O2S. The number of hydrogen-bond donors (Lipinski definition) is 3. The van der Waals surface area contributed by atoms with Gasteiger partial charge in [0.1, 0.15) is 5.82 Å². The first-order valence-corrected chi connectivity index (χ1v) is 7.66. The van der Waals surface area contributed by atoms with Crippen LogP contribution >= 0.6 is 11.3 Å². The number of rotatable bonds is 7. The lowest BCUT2D eigenvalue weighted by Gasteiger charge is -2.14. The molecule has 0 saturated heterocycles. The first-order valence-electron chi connectivity index (χ1n) is 6.78. The minimum Gasteiger partial charge on any atom is -0.396 e. The zero-order valence-electron chi connectivity index (χ0n) is 11.9. The number of hydrogen-bond acceptors (Lipinski definition) is 5. The maximum absolute atomic E-state index is 12.1. The quantitative estimate of drug-likeness (QED) is 0.729. The molecule has 0 aliphatic carbocycles. The van der Waals surface area contributed by atoms with Gasteiger partial charge in [-0.1, -0.05) is 6.07 Å². The van der Waals surface area contributed by atoms with Gasteiger partial charge in [-0.3, -0.25) is 4.79 Å². The van der Waals surface area contributed by atoms with Crippen molar-refractivity contribution in [3.05, 3.63) is 46.3 Å². The highest BCUT2D eigenvalue weighted by Crippen LogP contribution is 2.14. The number of aromatic nitrogens is 1. The third-order valence-electron chi connectivity index (χ3n) is 3.16. The van der Waals surface area contributed by atoms with Crippen LogP contribution < -0.4 is 10.6 Å². The second-order valence-corrected chi connectivity index (χ2v) is 5.75. The fraction of sp³-hybridized carbons (Fsp3) is 0.333. The van der Waals surface area contributed by atoms with Gasteiger partial charge in [-0.2, -0.15) is 0 Å². The fourth-order valence-electron chi connectivity index (χ4n) is 1.96. The number of carbonyl (C=O) groups excluding carboxylic acids is 1. The van der Waals surface area contributed by atoms with Crippen molar-refractivity contribution in [2.45, 2.75) is 6.42 Å². The number of aliphatic hydroxyl groups excluding tert-OH is 1. The molecule has 6 heteroatoms. The highest BCUT2D eigenvalue weighted by atomic mass is 32.1. The molecule has 3 N–H and O–H groups in total. The topological polar surface area (TPSA) is 74.2 Å². The van der Waals surface area contributed by atoms with Crippen LogP contribution in [-0.2, 0) is 6.42 Å².